The van der Waals surface area contributed by atoms with E-state index in [1.165, 1.54) is 6.07 Å². The van der Waals surface area contributed by atoms with Crippen LogP contribution in [-0.2, 0) is 6.54 Å². The van der Waals surface area contributed by atoms with Crippen molar-refractivity contribution in [3.8, 4) is 0 Å². The molecule has 17 heavy (non-hydrogen) atoms. The van der Waals surface area contributed by atoms with Crippen LogP contribution < -0.4 is 5.73 Å². The monoisotopic (exact) mass is 256 g/mol. The Morgan fingerprint density at radius 1 is 1.47 bits per heavy atom. The van der Waals surface area contributed by atoms with Gasteiger partial charge in [-0.2, -0.15) is 11.8 Å². The van der Waals surface area contributed by atoms with Crippen LogP contribution in [0.3, 0.4) is 0 Å². The molecule has 2 nitrogen and oxygen atoms in total. The first kappa shape index (κ1) is 14.3. The third-order valence-corrected chi connectivity index (χ3v) is 3.67. The molecule has 1 unspecified atom stereocenters. The van der Waals surface area contributed by atoms with Gasteiger partial charge in [-0.1, -0.05) is 13.0 Å². The molecular formula is C13H21FN2S. The summed E-state index contributed by atoms with van der Waals surface area (Å²) in [5, 5.41) is 0. The van der Waals surface area contributed by atoms with Crippen molar-refractivity contribution in [3.05, 3.63) is 29.6 Å². The Balaban J connectivity index is 2.66. The number of halogens is 1. The van der Waals surface area contributed by atoms with Gasteiger partial charge in [0.15, 0.2) is 0 Å². The first-order valence-electron chi connectivity index (χ1n) is 5.81. The number of hydrogen-bond donors (Lipinski definition) is 1. The van der Waals surface area contributed by atoms with E-state index in [1.807, 2.05) is 17.8 Å². The minimum absolute atomic E-state index is 0.215. The summed E-state index contributed by atoms with van der Waals surface area (Å²) in [4.78, 5) is 2.27. The summed E-state index contributed by atoms with van der Waals surface area (Å²) in [7, 11) is 2.08. The number of rotatable bonds is 6. The van der Waals surface area contributed by atoms with Crippen LogP contribution in [0.4, 0.5) is 10.1 Å². The van der Waals surface area contributed by atoms with Crippen LogP contribution in [0.2, 0.25) is 0 Å². The van der Waals surface area contributed by atoms with Crippen molar-refractivity contribution in [3.63, 3.8) is 0 Å². The van der Waals surface area contributed by atoms with E-state index in [-0.39, 0.29) is 11.5 Å². The minimum atomic E-state index is -0.325. The van der Waals surface area contributed by atoms with Gasteiger partial charge in [0, 0.05) is 18.3 Å². The number of thioether (sulfide) groups is 1. The van der Waals surface area contributed by atoms with Gasteiger partial charge in [0.1, 0.15) is 5.82 Å². The molecule has 0 aromatic heterocycles. The highest BCUT2D eigenvalue weighted by Gasteiger charge is 2.12. The molecule has 0 fully saturated rings. The minimum Gasteiger partial charge on any atom is -0.396 e. The average Bonchev–Trinajstić information content (AvgIpc) is 2.30. The van der Waals surface area contributed by atoms with E-state index < -0.39 is 0 Å². The maximum atomic E-state index is 13.3. The SMILES string of the molecule is CCC(CSC)N(C)Cc1ccc(N)c(F)c1. The Bertz CT molecular complexity index is 357. The number of nitrogens with zero attached hydrogens (tertiary/aromatic N) is 1. The maximum absolute atomic E-state index is 13.3. The Hall–Kier alpha value is -0.740. The lowest BCUT2D eigenvalue weighted by molar-refractivity contribution is 0.247. The molecule has 0 saturated heterocycles. The first-order valence-corrected chi connectivity index (χ1v) is 7.21. The van der Waals surface area contributed by atoms with E-state index >= 15 is 0 Å². The summed E-state index contributed by atoms with van der Waals surface area (Å²) < 4.78 is 13.3. The molecule has 0 spiro atoms. The molecule has 0 bridgehead atoms. The number of benzene rings is 1. The molecule has 1 atom stereocenters. The van der Waals surface area contributed by atoms with Crippen LogP contribution in [0.5, 0.6) is 0 Å². The lowest BCUT2D eigenvalue weighted by Gasteiger charge is -2.26. The molecule has 96 valence electrons. The van der Waals surface area contributed by atoms with Gasteiger partial charge in [-0.15, -0.1) is 0 Å². The smallest absolute Gasteiger partial charge is 0.146 e. The Kier molecular flexibility index (Phi) is 5.78. The quantitative estimate of drug-likeness (QED) is 0.793. The van der Waals surface area contributed by atoms with Gasteiger partial charge in [-0.05, 0) is 37.4 Å². The molecule has 0 aliphatic heterocycles. The molecule has 4 heteroatoms. The molecule has 1 rings (SSSR count). The largest absolute Gasteiger partial charge is 0.396 e. The molecule has 0 radical (unpaired) electrons. The molecule has 0 aliphatic carbocycles. The van der Waals surface area contributed by atoms with Gasteiger partial charge in [-0.3, -0.25) is 4.90 Å². The van der Waals surface area contributed by atoms with Crippen molar-refractivity contribution < 1.29 is 4.39 Å². The lowest BCUT2D eigenvalue weighted by Crippen LogP contribution is -2.32. The van der Waals surface area contributed by atoms with E-state index in [2.05, 4.69) is 25.1 Å². The molecule has 1 aromatic rings. The summed E-state index contributed by atoms with van der Waals surface area (Å²) >= 11 is 1.84. The predicted molar refractivity (Wildman–Crippen MR) is 74.7 cm³/mol. The fourth-order valence-corrected chi connectivity index (χ4v) is 2.71. The molecule has 0 saturated carbocycles. The fourth-order valence-electron chi connectivity index (χ4n) is 1.84. The van der Waals surface area contributed by atoms with E-state index in [9.17, 15) is 4.39 Å². The van der Waals surface area contributed by atoms with Gasteiger partial charge in [0.25, 0.3) is 0 Å². The normalized spacial score (nSPS) is 13.0. The predicted octanol–water partition coefficient (Wildman–Crippen LogP) is 2.98. The van der Waals surface area contributed by atoms with Crippen molar-refractivity contribution in [2.24, 2.45) is 0 Å². The third kappa shape index (κ3) is 4.21. The molecule has 2 N–H and O–H groups in total. The van der Waals surface area contributed by atoms with Crippen molar-refractivity contribution in [2.75, 3.05) is 24.8 Å². The summed E-state index contributed by atoms with van der Waals surface area (Å²) in [5.41, 5.74) is 6.65. The van der Waals surface area contributed by atoms with Gasteiger partial charge in [0.05, 0.1) is 5.69 Å². The number of nitrogen functional groups attached to an aromatic ring is 1. The van der Waals surface area contributed by atoms with Crippen LogP contribution in [0.25, 0.3) is 0 Å². The van der Waals surface area contributed by atoms with Crippen molar-refractivity contribution in [2.45, 2.75) is 25.9 Å². The number of anilines is 1. The fraction of sp³-hybridized carbons (Fsp3) is 0.538. The first-order chi connectivity index (χ1) is 8.08. The number of hydrogen-bond acceptors (Lipinski definition) is 3. The van der Waals surface area contributed by atoms with Crippen LogP contribution in [0.1, 0.15) is 18.9 Å². The van der Waals surface area contributed by atoms with Gasteiger partial charge >= 0.3 is 0 Å². The van der Waals surface area contributed by atoms with E-state index in [1.54, 1.807) is 6.07 Å². The molecular weight excluding hydrogens is 235 g/mol. The molecule has 0 aliphatic rings. The standard InChI is InChI=1S/C13H21FN2S/c1-4-11(9-17-3)16(2)8-10-5-6-13(15)12(14)7-10/h5-7,11H,4,8-9,15H2,1-3H3. The zero-order valence-electron chi connectivity index (χ0n) is 10.7. The van der Waals surface area contributed by atoms with Crippen LogP contribution >= 0.6 is 11.8 Å². The van der Waals surface area contributed by atoms with Crippen molar-refractivity contribution in [1.82, 2.24) is 4.90 Å². The zero-order valence-corrected chi connectivity index (χ0v) is 11.6. The summed E-state index contributed by atoms with van der Waals surface area (Å²) in [6.07, 6.45) is 3.22. The maximum Gasteiger partial charge on any atom is 0.146 e. The molecule has 0 heterocycles. The van der Waals surface area contributed by atoms with Gasteiger partial charge < -0.3 is 5.73 Å². The highest BCUT2D eigenvalue weighted by molar-refractivity contribution is 7.98. The topological polar surface area (TPSA) is 29.3 Å². The van der Waals surface area contributed by atoms with Crippen LogP contribution in [-0.4, -0.2) is 30.0 Å². The second-order valence-corrected chi connectivity index (χ2v) is 5.20. The molecule has 0 amide bonds. The average molecular weight is 256 g/mol. The highest BCUT2D eigenvalue weighted by atomic mass is 32.2. The lowest BCUT2D eigenvalue weighted by atomic mass is 10.1. The third-order valence-electron chi connectivity index (χ3n) is 2.95. The van der Waals surface area contributed by atoms with Crippen molar-refractivity contribution in [1.29, 1.82) is 0 Å². The molecule has 1 aromatic carbocycles. The number of nitrogens with two attached hydrogens (primary N) is 1. The van der Waals surface area contributed by atoms with E-state index in [4.69, 9.17) is 5.73 Å². The van der Waals surface area contributed by atoms with Crippen LogP contribution in [0, 0.1) is 5.82 Å². The second kappa shape index (κ2) is 6.87. The van der Waals surface area contributed by atoms with Gasteiger partial charge in [0.2, 0.25) is 0 Å². The second-order valence-electron chi connectivity index (χ2n) is 4.29. The Morgan fingerprint density at radius 3 is 2.71 bits per heavy atom. The zero-order chi connectivity index (χ0) is 12.8. The van der Waals surface area contributed by atoms with Crippen LogP contribution in [0.15, 0.2) is 18.2 Å². The Morgan fingerprint density at radius 2 is 2.18 bits per heavy atom. The van der Waals surface area contributed by atoms with Gasteiger partial charge in [-0.25, -0.2) is 4.39 Å². The Labute approximate surface area is 107 Å². The summed E-state index contributed by atoms with van der Waals surface area (Å²) in [5.74, 6) is 0.776. The van der Waals surface area contributed by atoms with E-state index in [0.717, 1.165) is 24.3 Å². The van der Waals surface area contributed by atoms with E-state index in [0.29, 0.717) is 6.04 Å². The van der Waals surface area contributed by atoms with Crippen molar-refractivity contribution >= 4 is 17.4 Å². The summed E-state index contributed by atoms with van der Waals surface area (Å²) in [6.45, 7) is 2.94. The summed E-state index contributed by atoms with van der Waals surface area (Å²) in [6, 6.07) is 5.58. The highest BCUT2D eigenvalue weighted by Crippen LogP contribution is 2.16.